The minimum absolute atomic E-state index is 0.0189. The van der Waals surface area contributed by atoms with Crippen LogP contribution in [0.15, 0.2) is 71.5 Å². The van der Waals surface area contributed by atoms with Crippen LogP contribution in [0, 0.1) is 0 Å². The molecule has 0 fully saturated rings. The normalized spacial score (nSPS) is 11.1. The van der Waals surface area contributed by atoms with E-state index in [0.29, 0.717) is 11.3 Å². The predicted octanol–water partition coefficient (Wildman–Crippen LogP) is 3.66. The van der Waals surface area contributed by atoms with Gasteiger partial charge in [-0.3, -0.25) is 9.59 Å². The van der Waals surface area contributed by atoms with Gasteiger partial charge in [0.15, 0.2) is 18.1 Å². The second kappa shape index (κ2) is 10.0. The van der Waals surface area contributed by atoms with Crippen molar-refractivity contribution in [3.05, 3.63) is 93.9 Å². The summed E-state index contributed by atoms with van der Waals surface area (Å²) in [5.41, 5.74) is 1.12. The fraction of sp³-hybridized carbons (Fsp3) is 0.280. The highest BCUT2D eigenvalue weighted by Gasteiger charge is 2.17. The Labute approximate surface area is 186 Å². The van der Waals surface area contributed by atoms with Crippen LogP contribution in [-0.2, 0) is 16.7 Å². The molecule has 166 valence electrons. The largest absolute Gasteiger partial charge is 0.492 e. The van der Waals surface area contributed by atoms with Gasteiger partial charge in [-0.25, -0.2) is 9.48 Å². The summed E-state index contributed by atoms with van der Waals surface area (Å²) in [6, 6.07) is 18.9. The van der Waals surface area contributed by atoms with Crippen molar-refractivity contribution in [2.24, 2.45) is 0 Å². The van der Waals surface area contributed by atoms with Crippen molar-refractivity contribution in [2.75, 3.05) is 13.2 Å². The maximum Gasteiger partial charge on any atom is 0.359 e. The molecule has 0 saturated carbocycles. The first kappa shape index (κ1) is 22.9. The van der Waals surface area contributed by atoms with Gasteiger partial charge >= 0.3 is 5.97 Å². The third-order valence-corrected chi connectivity index (χ3v) is 4.80. The summed E-state index contributed by atoms with van der Waals surface area (Å²) < 4.78 is 11.8. The van der Waals surface area contributed by atoms with E-state index in [1.807, 2.05) is 30.3 Å². The molecule has 0 amide bonds. The molecule has 0 aliphatic rings. The van der Waals surface area contributed by atoms with E-state index in [-0.39, 0.29) is 35.6 Å². The fourth-order valence-electron chi connectivity index (χ4n) is 2.93. The molecule has 0 radical (unpaired) electrons. The second-order valence-electron chi connectivity index (χ2n) is 8.27. The molecule has 0 aliphatic carbocycles. The van der Waals surface area contributed by atoms with Crippen LogP contribution >= 0.6 is 0 Å². The molecule has 7 heteroatoms. The highest BCUT2D eigenvalue weighted by molar-refractivity contribution is 5.99. The van der Waals surface area contributed by atoms with E-state index in [9.17, 15) is 14.4 Å². The number of carbonyl (C=O) groups excluding carboxylic acids is 2. The molecule has 0 spiro atoms. The topological polar surface area (TPSA) is 87.5 Å². The highest BCUT2D eigenvalue weighted by Crippen LogP contribution is 2.22. The zero-order chi connectivity index (χ0) is 23.1. The Morgan fingerprint density at radius 1 is 0.938 bits per heavy atom. The van der Waals surface area contributed by atoms with Gasteiger partial charge in [0.05, 0.1) is 6.54 Å². The number of carbonyl (C=O) groups is 2. The number of aromatic nitrogens is 2. The quantitative estimate of drug-likeness (QED) is 0.397. The molecular formula is C25H26N2O5. The molecule has 1 aromatic heterocycles. The molecule has 0 N–H and O–H groups in total. The van der Waals surface area contributed by atoms with Gasteiger partial charge in [0.1, 0.15) is 12.4 Å². The molecule has 1 heterocycles. The summed E-state index contributed by atoms with van der Waals surface area (Å²) in [7, 11) is 0. The van der Waals surface area contributed by atoms with Gasteiger partial charge in [0, 0.05) is 11.6 Å². The first-order valence-electron chi connectivity index (χ1n) is 10.3. The molecule has 0 bridgehead atoms. The first-order chi connectivity index (χ1) is 15.2. The van der Waals surface area contributed by atoms with Crippen molar-refractivity contribution in [3.8, 4) is 5.75 Å². The molecule has 7 nitrogen and oxygen atoms in total. The number of nitrogens with zero attached hydrogens (tertiary/aromatic N) is 2. The van der Waals surface area contributed by atoms with Crippen LogP contribution in [0.25, 0.3) is 0 Å². The number of ketones is 1. The third kappa shape index (κ3) is 6.14. The number of hydrogen-bond acceptors (Lipinski definition) is 6. The average molecular weight is 434 g/mol. The second-order valence-corrected chi connectivity index (χ2v) is 8.27. The van der Waals surface area contributed by atoms with Crippen molar-refractivity contribution >= 4 is 11.8 Å². The van der Waals surface area contributed by atoms with Gasteiger partial charge in [-0.05, 0) is 29.2 Å². The number of benzene rings is 2. The van der Waals surface area contributed by atoms with Crippen LogP contribution in [-0.4, -0.2) is 34.7 Å². The number of esters is 1. The van der Waals surface area contributed by atoms with Crippen molar-refractivity contribution < 1.29 is 19.1 Å². The number of ether oxygens (including phenoxy) is 2. The molecule has 0 saturated heterocycles. The Balaban J connectivity index is 1.57. The molecule has 0 aliphatic heterocycles. The monoisotopic (exact) mass is 434 g/mol. The Bertz CT molecular complexity index is 1130. The van der Waals surface area contributed by atoms with Crippen LogP contribution in [0.3, 0.4) is 0 Å². The predicted molar refractivity (Wildman–Crippen MR) is 120 cm³/mol. The Morgan fingerprint density at radius 2 is 1.62 bits per heavy atom. The van der Waals surface area contributed by atoms with Gasteiger partial charge in [0.2, 0.25) is 0 Å². The Morgan fingerprint density at radius 3 is 2.28 bits per heavy atom. The SMILES string of the molecule is CC(C)(C)c1ccc(C(=O)COC(=O)c2ccc(=O)n(CCOc3ccccc3)n2)cc1. The van der Waals surface area contributed by atoms with Gasteiger partial charge < -0.3 is 9.47 Å². The summed E-state index contributed by atoms with van der Waals surface area (Å²) in [5, 5.41) is 4.03. The molecule has 32 heavy (non-hydrogen) atoms. The van der Waals surface area contributed by atoms with E-state index in [4.69, 9.17) is 9.47 Å². The van der Waals surface area contributed by atoms with Gasteiger partial charge in [-0.15, -0.1) is 0 Å². The molecule has 3 aromatic rings. The van der Waals surface area contributed by atoms with Crippen LogP contribution in [0.4, 0.5) is 0 Å². The summed E-state index contributed by atoms with van der Waals surface area (Å²) in [5.74, 6) is -0.420. The molecular weight excluding hydrogens is 408 g/mol. The third-order valence-electron chi connectivity index (χ3n) is 4.80. The van der Waals surface area contributed by atoms with Crippen LogP contribution < -0.4 is 10.3 Å². The van der Waals surface area contributed by atoms with E-state index >= 15 is 0 Å². The van der Waals surface area contributed by atoms with E-state index < -0.39 is 12.6 Å². The van der Waals surface area contributed by atoms with E-state index in [0.717, 1.165) is 10.2 Å². The molecule has 3 rings (SSSR count). The van der Waals surface area contributed by atoms with Gasteiger partial charge in [-0.1, -0.05) is 63.2 Å². The van der Waals surface area contributed by atoms with Crippen LogP contribution in [0.2, 0.25) is 0 Å². The maximum absolute atomic E-state index is 12.4. The smallest absolute Gasteiger partial charge is 0.359 e. The Kier molecular flexibility index (Phi) is 7.20. The lowest BCUT2D eigenvalue weighted by atomic mass is 9.86. The fourth-order valence-corrected chi connectivity index (χ4v) is 2.93. The number of rotatable bonds is 8. The van der Waals surface area contributed by atoms with Crippen LogP contribution in [0.5, 0.6) is 5.75 Å². The van der Waals surface area contributed by atoms with E-state index in [1.165, 1.54) is 12.1 Å². The Hall–Kier alpha value is -3.74. The van der Waals surface area contributed by atoms with E-state index in [2.05, 4.69) is 25.9 Å². The van der Waals surface area contributed by atoms with Gasteiger partial charge in [0.25, 0.3) is 5.56 Å². The van der Waals surface area contributed by atoms with Crippen molar-refractivity contribution in [2.45, 2.75) is 32.7 Å². The number of Topliss-reactive ketones (excluding diaryl/α,β-unsaturated/α-hetero) is 1. The summed E-state index contributed by atoms with van der Waals surface area (Å²) >= 11 is 0. The average Bonchev–Trinajstić information content (AvgIpc) is 2.78. The molecule has 0 unspecified atom stereocenters. The van der Waals surface area contributed by atoms with Crippen LogP contribution in [0.1, 0.15) is 47.2 Å². The number of para-hydroxylation sites is 1. The molecule has 0 atom stereocenters. The van der Waals surface area contributed by atoms with E-state index in [1.54, 1.807) is 24.3 Å². The lowest BCUT2D eigenvalue weighted by molar-refractivity contribution is 0.0466. The van der Waals surface area contributed by atoms with Crippen molar-refractivity contribution in [3.63, 3.8) is 0 Å². The maximum atomic E-state index is 12.4. The zero-order valence-corrected chi connectivity index (χ0v) is 18.4. The lowest BCUT2D eigenvalue weighted by Crippen LogP contribution is -2.27. The van der Waals surface area contributed by atoms with Crippen molar-refractivity contribution in [1.82, 2.24) is 9.78 Å². The molecule has 2 aromatic carbocycles. The summed E-state index contributed by atoms with van der Waals surface area (Å²) in [6.45, 7) is 6.22. The standard InChI is InChI=1S/C25H26N2O5/c1-25(2,3)19-11-9-18(10-12-19)22(28)17-32-24(30)21-13-14-23(29)27(26-21)15-16-31-20-7-5-4-6-8-20/h4-14H,15-17H2,1-3H3. The van der Waals surface area contributed by atoms with Crippen molar-refractivity contribution in [1.29, 1.82) is 0 Å². The summed E-state index contributed by atoms with van der Waals surface area (Å²) in [4.78, 5) is 36.7. The minimum atomic E-state index is -0.776. The zero-order valence-electron chi connectivity index (χ0n) is 18.4. The summed E-state index contributed by atoms with van der Waals surface area (Å²) in [6.07, 6.45) is 0. The highest BCUT2D eigenvalue weighted by atomic mass is 16.5. The van der Waals surface area contributed by atoms with Gasteiger partial charge in [-0.2, -0.15) is 5.10 Å². The lowest BCUT2D eigenvalue weighted by Gasteiger charge is -2.18. The number of hydrogen-bond donors (Lipinski definition) is 0. The minimum Gasteiger partial charge on any atom is -0.492 e. The first-order valence-corrected chi connectivity index (χ1v) is 10.3.